The van der Waals surface area contributed by atoms with Gasteiger partial charge in [0.25, 0.3) is 11.8 Å². The Morgan fingerprint density at radius 2 is 1.75 bits per heavy atom. The van der Waals surface area contributed by atoms with Gasteiger partial charge in [-0.3, -0.25) is 14.5 Å². The van der Waals surface area contributed by atoms with E-state index >= 15 is 0 Å². The number of amides is 2. The number of rotatable bonds is 6. The lowest BCUT2D eigenvalue weighted by atomic mass is 10.0. The zero-order chi connectivity index (χ0) is 20.6. The van der Waals surface area contributed by atoms with E-state index in [9.17, 15) is 18.0 Å². The summed E-state index contributed by atoms with van der Waals surface area (Å²) in [6.45, 7) is 5.95. The van der Waals surface area contributed by atoms with Gasteiger partial charge in [0.15, 0.2) is 0 Å². The van der Waals surface area contributed by atoms with E-state index in [1.165, 1.54) is 0 Å². The van der Waals surface area contributed by atoms with Crippen LogP contribution in [0.25, 0.3) is 0 Å². The summed E-state index contributed by atoms with van der Waals surface area (Å²) in [5.41, 5.74) is 2.77. The largest absolute Gasteiger partial charge is 0.494 e. The van der Waals surface area contributed by atoms with Crippen molar-refractivity contribution < 1.29 is 22.7 Å². The zero-order valence-electron chi connectivity index (χ0n) is 16.4. The molecule has 0 N–H and O–H groups in total. The van der Waals surface area contributed by atoms with Crippen molar-refractivity contribution >= 4 is 21.7 Å². The van der Waals surface area contributed by atoms with Crippen LogP contribution in [0.5, 0.6) is 5.75 Å². The standard InChI is InChI=1S/C21H23NO5S/c1-5-27-18-11-15(10-9-13(18)2)17(12-28(4,25)26)22-20(23)16-8-6-7-14(3)19(16)21(22)24/h6-11,17H,5,12H2,1-4H3/t17-/m0/s1. The Morgan fingerprint density at radius 1 is 1.04 bits per heavy atom. The molecule has 7 heteroatoms. The third kappa shape index (κ3) is 3.67. The first-order valence-corrected chi connectivity index (χ1v) is 11.1. The molecule has 6 nitrogen and oxygen atoms in total. The summed E-state index contributed by atoms with van der Waals surface area (Å²) in [4.78, 5) is 27.2. The van der Waals surface area contributed by atoms with Crippen LogP contribution in [0.15, 0.2) is 36.4 Å². The van der Waals surface area contributed by atoms with Crippen molar-refractivity contribution in [3.63, 3.8) is 0 Å². The second-order valence-electron chi connectivity index (χ2n) is 7.04. The number of hydrogen-bond donors (Lipinski definition) is 0. The number of ether oxygens (including phenoxy) is 1. The van der Waals surface area contributed by atoms with Crippen molar-refractivity contribution in [2.75, 3.05) is 18.6 Å². The Balaban J connectivity index is 2.13. The number of carbonyl (C=O) groups excluding carboxylic acids is 2. The summed E-state index contributed by atoms with van der Waals surface area (Å²) in [5, 5.41) is 0. The quantitative estimate of drug-likeness (QED) is 0.695. The topological polar surface area (TPSA) is 80.8 Å². The number of imide groups is 1. The third-order valence-corrected chi connectivity index (χ3v) is 5.75. The summed E-state index contributed by atoms with van der Waals surface area (Å²) in [7, 11) is -3.48. The van der Waals surface area contributed by atoms with Gasteiger partial charge in [0.2, 0.25) is 0 Å². The summed E-state index contributed by atoms with van der Waals surface area (Å²) in [6.07, 6.45) is 1.10. The molecule has 0 bridgehead atoms. The van der Waals surface area contributed by atoms with E-state index in [0.29, 0.717) is 34.6 Å². The minimum Gasteiger partial charge on any atom is -0.494 e. The highest BCUT2D eigenvalue weighted by molar-refractivity contribution is 7.90. The monoisotopic (exact) mass is 401 g/mol. The molecule has 0 spiro atoms. The summed E-state index contributed by atoms with van der Waals surface area (Å²) < 4.78 is 29.9. The van der Waals surface area contributed by atoms with Crippen LogP contribution in [0.2, 0.25) is 0 Å². The lowest BCUT2D eigenvalue weighted by molar-refractivity contribution is 0.0597. The Bertz CT molecular complexity index is 1060. The highest BCUT2D eigenvalue weighted by Gasteiger charge is 2.42. The molecule has 3 rings (SSSR count). The molecule has 0 fully saturated rings. The van der Waals surface area contributed by atoms with E-state index in [4.69, 9.17) is 4.74 Å². The van der Waals surface area contributed by atoms with Crippen LogP contribution < -0.4 is 4.74 Å². The second kappa shape index (κ2) is 7.39. The number of nitrogens with zero attached hydrogens (tertiary/aromatic N) is 1. The smallest absolute Gasteiger partial charge is 0.262 e. The maximum Gasteiger partial charge on any atom is 0.262 e. The molecular weight excluding hydrogens is 378 g/mol. The fraction of sp³-hybridized carbons (Fsp3) is 0.333. The van der Waals surface area contributed by atoms with Gasteiger partial charge in [0.1, 0.15) is 15.6 Å². The molecule has 0 aromatic heterocycles. The number of carbonyl (C=O) groups is 2. The van der Waals surface area contributed by atoms with E-state index in [0.717, 1.165) is 16.7 Å². The first-order chi connectivity index (χ1) is 13.1. The van der Waals surface area contributed by atoms with Crippen molar-refractivity contribution in [1.29, 1.82) is 0 Å². The molecule has 1 atom stereocenters. The molecule has 0 unspecified atom stereocenters. The Morgan fingerprint density at radius 3 is 2.36 bits per heavy atom. The van der Waals surface area contributed by atoms with Gasteiger partial charge >= 0.3 is 0 Å². The summed E-state index contributed by atoms with van der Waals surface area (Å²) >= 11 is 0. The fourth-order valence-electron chi connectivity index (χ4n) is 3.50. The average Bonchev–Trinajstić information content (AvgIpc) is 2.86. The molecule has 2 amide bonds. The lowest BCUT2D eigenvalue weighted by Gasteiger charge is -2.26. The van der Waals surface area contributed by atoms with Gasteiger partial charge < -0.3 is 4.74 Å². The SMILES string of the molecule is CCOc1cc([C@H](CS(C)(=O)=O)N2C(=O)c3cccc(C)c3C2=O)ccc1C. The Labute approximate surface area is 165 Å². The van der Waals surface area contributed by atoms with E-state index in [1.807, 2.05) is 13.8 Å². The maximum absolute atomic E-state index is 13.1. The van der Waals surface area contributed by atoms with Crippen LogP contribution in [-0.2, 0) is 9.84 Å². The molecule has 0 saturated heterocycles. The maximum atomic E-state index is 13.1. The first-order valence-electron chi connectivity index (χ1n) is 9.02. The minimum absolute atomic E-state index is 0.306. The molecule has 1 aliphatic heterocycles. The van der Waals surface area contributed by atoms with Crippen LogP contribution >= 0.6 is 0 Å². The second-order valence-corrected chi connectivity index (χ2v) is 9.23. The van der Waals surface area contributed by atoms with Crippen molar-refractivity contribution in [1.82, 2.24) is 4.90 Å². The van der Waals surface area contributed by atoms with E-state index in [1.54, 1.807) is 43.3 Å². The van der Waals surface area contributed by atoms with Gasteiger partial charge in [0, 0.05) is 6.26 Å². The van der Waals surface area contributed by atoms with E-state index in [-0.39, 0.29) is 5.75 Å². The van der Waals surface area contributed by atoms with Crippen molar-refractivity contribution in [2.24, 2.45) is 0 Å². The van der Waals surface area contributed by atoms with Crippen LogP contribution in [0, 0.1) is 13.8 Å². The van der Waals surface area contributed by atoms with Gasteiger partial charge in [-0.2, -0.15) is 0 Å². The van der Waals surface area contributed by atoms with Crippen LogP contribution in [0.4, 0.5) is 0 Å². The normalized spacial score (nSPS) is 14.9. The van der Waals surface area contributed by atoms with Crippen molar-refractivity contribution in [3.05, 3.63) is 64.2 Å². The average molecular weight is 401 g/mol. The number of aryl methyl sites for hydroxylation is 2. The van der Waals surface area contributed by atoms with Gasteiger partial charge in [0.05, 0.1) is 29.5 Å². The highest BCUT2D eigenvalue weighted by Crippen LogP contribution is 2.35. The van der Waals surface area contributed by atoms with Crippen molar-refractivity contribution in [2.45, 2.75) is 26.8 Å². The van der Waals surface area contributed by atoms with E-state index in [2.05, 4.69) is 0 Å². The number of fused-ring (bicyclic) bond motifs is 1. The molecule has 2 aromatic carbocycles. The summed E-state index contributed by atoms with van der Waals surface area (Å²) in [6, 6.07) is 9.40. The number of benzene rings is 2. The van der Waals surface area contributed by atoms with Gasteiger partial charge in [-0.15, -0.1) is 0 Å². The third-order valence-electron chi connectivity index (χ3n) is 4.82. The van der Waals surface area contributed by atoms with Gasteiger partial charge in [-0.1, -0.05) is 24.3 Å². The van der Waals surface area contributed by atoms with Crippen molar-refractivity contribution in [3.8, 4) is 5.75 Å². The van der Waals surface area contributed by atoms with Gasteiger partial charge in [-0.25, -0.2) is 8.42 Å². The number of sulfone groups is 1. The van der Waals surface area contributed by atoms with Crippen LogP contribution in [0.3, 0.4) is 0 Å². The number of hydrogen-bond acceptors (Lipinski definition) is 5. The first kappa shape index (κ1) is 20.1. The fourth-order valence-corrected chi connectivity index (χ4v) is 4.41. The van der Waals surface area contributed by atoms with E-state index < -0.39 is 27.7 Å². The molecule has 148 valence electrons. The molecule has 0 saturated carbocycles. The minimum atomic E-state index is -3.48. The molecule has 1 aliphatic rings. The molecular formula is C21H23NO5S. The summed E-state index contributed by atoms with van der Waals surface area (Å²) in [5.74, 6) is -0.695. The van der Waals surface area contributed by atoms with Crippen LogP contribution in [0.1, 0.15) is 50.4 Å². The predicted octanol–water partition coefficient (Wildman–Crippen LogP) is 3.08. The molecule has 2 aromatic rings. The van der Waals surface area contributed by atoms with Gasteiger partial charge in [-0.05, 0) is 49.6 Å². The Kier molecular flexibility index (Phi) is 5.30. The molecule has 0 aliphatic carbocycles. The molecule has 1 heterocycles. The zero-order valence-corrected chi connectivity index (χ0v) is 17.2. The Hall–Kier alpha value is -2.67. The van der Waals surface area contributed by atoms with Crippen LogP contribution in [-0.4, -0.2) is 43.7 Å². The molecule has 28 heavy (non-hydrogen) atoms. The molecule has 0 radical (unpaired) electrons. The lowest BCUT2D eigenvalue weighted by Crippen LogP contribution is -2.37. The predicted molar refractivity (Wildman–Crippen MR) is 106 cm³/mol. The highest BCUT2D eigenvalue weighted by atomic mass is 32.2.